The Hall–Kier alpha value is -3.55. The zero-order chi connectivity index (χ0) is 21.5. The van der Waals surface area contributed by atoms with Gasteiger partial charge in [0.05, 0.1) is 0 Å². The largest absolute Gasteiger partial charge is 0.486 e. The number of amides is 2. The van der Waals surface area contributed by atoms with E-state index in [2.05, 4.69) is 10.6 Å². The number of ketones is 1. The molecule has 2 amide bonds. The van der Waals surface area contributed by atoms with Gasteiger partial charge in [0.15, 0.2) is 23.9 Å². The van der Waals surface area contributed by atoms with Crippen LogP contribution in [0.4, 0.5) is 10.5 Å². The van der Waals surface area contributed by atoms with Gasteiger partial charge >= 0.3 is 12.0 Å². The highest BCUT2D eigenvalue weighted by molar-refractivity contribution is 5.99. The molecule has 0 saturated heterocycles. The fourth-order valence-electron chi connectivity index (χ4n) is 2.85. The van der Waals surface area contributed by atoms with E-state index in [0.717, 1.165) is 0 Å². The molecular formula is C22H24N2O6. The van der Waals surface area contributed by atoms with Crippen molar-refractivity contribution in [2.75, 3.05) is 25.1 Å². The molecule has 8 nitrogen and oxygen atoms in total. The minimum absolute atomic E-state index is 0.233. The lowest BCUT2D eigenvalue weighted by molar-refractivity contribution is -0.145. The molecule has 0 fully saturated rings. The SMILES string of the molecule is CC(C)[C@H](NC(=O)Nc1ccccc1)C(=O)OCC(=O)c1ccc2c(c1)OCCO2. The summed E-state index contributed by atoms with van der Waals surface area (Å²) in [5.41, 5.74) is 0.947. The molecule has 1 aliphatic heterocycles. The second-order valence-electron chi connectivity index (χ2n) is 7.08. The van der Waals surface area contributed by atoms with Gasteiger partial charge in [-0.2, -0.15) is 0 Å². The maximum absolute atomic E-state index is 12.5. The number of ether oxygens (including phenoxy) is 3. The first-order chi connectivity index (χ1) is 14.4. The molecule has 2 N–H and O–H groups in total. The number of para-hydroxylation sites is 1. The van der Waals surface area contributed by atoms with Crippen LogP contribution in [0.1, 0.15) is 24.2 Å². The number of fused-ring (bicyclic) bond motifs is 1. The van der Waals surface area contributed by atoms with Gasteiger partial charge in [-0.3, -0.25) is 4.79 Å². The third kappa shape index (κ3) is 5.50. The molecule has 1 aliphatic rings. The summed E-state index contributed by atoms with van der Waals surface area (Å²) in [5.74, 6) is -0.236. The van der Waals surface area contributed by atoms with Gasteiger partial charge in [0.1, 0.15) is 19.3 Å². The summed E-state index contributed by atoms with van der Waals surface area (Å²) in [6.07, 6.45) is 0. The Balaban J connectivity index is 1.55. The molecule has 0 spiro atoms. The van der Waals surface area contributed by atoms with Crippen molar-refractivity contribution in [3.63, 3.8) is 0 Å². The van der Waals surface area contributed by atoms with E-state index in [1.165, 1.54) is 0 Å². The lowest BCUT2D eigenvalue weighted by Crippen LogP contribution is -2.47. The van der Waals surface area contributed by atoms with Gasteiger partial charge in [0, 0.05) is 11.3 Å². The smallest absolute Gasteiger partial charge is 0.329 e. The number of benzene rings is 2. The molecule has 0 unspecified atom stereocenters. The minimum Gasteiger partial charge on any atom is -0.486 e. The Labute approximate surface area is 174 Å². The molecule has 30 heavy (non-hydrogen) atoms. The summed E-state index contributed by atoms with van der Waals surface area (Å²) in [5, 5.41) is 5.25. The van der Waals surface area contributed by atoms with Crippen molar-refractivity contribution < 1.29 is 28.6 Å². The lowest BCUT2D eigenvalue weighted by Gasteiger charge is -2.21. The van der Waals surface area contributed by atoms with E-state index < -0.39 is 24.6 Å². The van der Waals surface area contributed by atoms with Crippen LogP contribution in [-0.2, 0) is 9.53 Å². The van der Waals surface area contributed by atoms with Crippen LogP contribution < -0.4 is 20.1 Å². The van der Waals surface area contributed by atoms with Crippen molar-refractivity contribution in [3.05, 3.63) is 54.1 Å². The normalized spacial score (nSPS) is 13.3. The summed E-state index contributed by atoms with van der Waals surface area (Å²) in [7, 11) is 0. The Morgan fingerprint density at radius 3 is 2.40 bits per heavy atom. The molecule has 0 aromatic heterocycles. The Bertz CT molecular complexity index is 913. The molecule has 8 heteroatoms. The highest BCUT2D eigenvalue weighted by Crippen LogP contribution is 2.30. The van der Waals surface area contributed by atoms with E-state index in [0.29, 0.717) is 36.0 Å². The summed E-state index contributed by atoms with van der Waals surface area (Å²) >= 11 is 0. The quantitative estimate of drug-likeness (QED) is 0.535. The molecule has 2 aromatic rings. The van der Waals surface area contributed by atoms with Crippen LogP contribution in [0.3, 0.4) is 0 Å². The first kappa shape index (κ1) is 21.2. The average molecular weight is 412 g/mol. The van der Waals surface area contributed by atoms with Crippen molar-refractivity contribution in [1.29, 1.82) is 0 Å². The van der Waals surface area contributed by atoms with E-state index in [4.69, 9.17) is 14.2 Å². The standard InChI is InChI=1S/C22H24N2O6/c1-14(2)20(24-22(27)23-16-6-4-3-5-7-16)21(26)30-13-17(25)15-8-9-18-19(12-15)29-11-10-28-18/h3-9,12,14,20H,10-11,13H2,1-2H3,(H2,23,24,27)/t20-/m0/s1. The Morgan fingerprint density at radius 2 is 1.70 bits per heavy atom. The Kier molecular flexibility index (Phi) is 6.90. The summed E-state index contributed by atoms with van der Waals surface area (Å²) in [6.45, 7) is 3.98. The fourth-order valence-corrected chi connectivity index (χ4v) is 2.85. The molecule has 158 valence electrons. The van der Waals surface area contributed by atoms with E-state index in [-0.39, 0.29) is 11.7 Å². The van der Waals surface area contributed by atoms with Gasteiger partial charge in [0.25, 0.3) is 0 Å². The van der Waals surface area contributed by atoms with Crippen molar-refractivity contribution in [3.8, 4) is 11.5 Å². The van der Waals surface area contributed by atoms with Gasteiger partial charge < -0.3 is 24.8 Å². The maximum Gasteiger partial charge on any atom is 0.329 e. The van der Waals surface area contributed by atoms with Crippen LogP contribution in [0, 0.1) is 5.92 Å². The number of Topliss-reactive ketones (excluding diaryl/α,β-unsaturated/α-hetero) is 1. The molecule has 0 aliphatic carbocycles. The minimum atomic E-state index is -0.901. The van der Waals surface area contributed by atoms with Gasteiger partial charge in [-0.15, -0.1) is 0 Å². The van der Waals surface area contributed by atoms with Crippen LogP contribution in [0.25, 0.3) is 0 Å². The van der Waals surface area contributed by atoms with Crippen LogP contribution >= 0.6 is 0 Å². The third-order valence-electron chi connectivity index (χ3n) is 4.45. The number of rotatable bonds is 7. The van der Waals surface area contributed by atoms with Crippen molar-refractivity contribution >= 4 is 23.5 Å². The second-order valence-corrected chi connectivity index (χ2v) is 7.08. The highest BCUT2D eigenvalue weighted by atomic mass is 16.6. The van der Waals surface area contributed by atoms with E-state index in [1.807, 2.05) is 6.07 Å². The zero-order valence-corrected chi connectivity index (χ0v) is 16.8. The monoisotopic (exact) mass is 412 g/mol. The van der Waals surface area contributed by atoms with Crippen molar-refractivity contribution in [2.45, 2.75) is 19.9 Å². The number of nitrogens with one attached hydrogen (secondary N) is 2. The molecule has 0 bridgehead atoms. The number of carbonyl (C=O) groups is 3. The van der Waals surface area contributed by atoms with Gasteiger partial charge in [-0.25, -0.2) is 9.59 Å². The van der Waals surface area contributed by atoms with Crippen LogP contribution in [0.15, 0.2) is 48.5 Å². The number of esters is 1. The van der Waals surface area contributed by atoms with E-state index >= 15 is 0 Å². The Morgan fingerprint density at radius 1 is 1.00 bits per heavy atom. The molecule has 0 saturated carbocycles. The number of hydrogen-bond acceptors (Lipinski definition) is 6. The summed E-state index contributed by atoms with van der Waals surface area (Å²) in [4.78, 5) is 37.1. The molecule has 0 radical (unpaired) electrons. The van der Waals surface area contributed by atoms with Crippen molar-refractivity contribution in [2.24, 2.45) is 5.92 Å². The molecule has 3 rings (SSSR count). The lowest BCUT2D eigenvalue weighted by atomic mass is 10.0. The van der Waals surface area contributed by atoms with Crippen molar-refractivity contribution in [1.82, 2.24) is 5.32 Å². The van der Waals surface area contributed by atoms with Crippen LogP contribution in [-0.4, -0.2) is 43.6 Å². The summed E-state index contributed by atoms with van der Waals surface area (Å²) < 4.78 is 16.1. The maximum atomic E-state index is 12.5. The van der Waals surface area contributed by atoms with Crippen LogP contribution in [0.2, 0.25) is 0 Å². The number of anilines is 1. The van der Waals surface area contributed by atoms with Gasteiger partial charge in [-0.05, 0) is 36.2 Å². The molecule has 1 atom stereocenters. The van der Waals surface area contributed by atoms with E-state index in [9.17, 15) is 14.4 Å². The topological polar surface area (TPSA) is 103 Å². The number of carbonyl (C=O) groups excluding carboxylic acids is 3. The first-order valence-corrected chi connectivity index (χ1v) is 9.66. The predicted octanol–water partition coefficient (Wildman–Crippen LogP) is 3.03. The molecule has 1 heterocycles. The average Bonchev–Trinajstić information content (AvgIpc) is 2.75. The van der Waals surface area contributed by atoms with E-state index in [1.54, 1.807) is 56.3 Å². The van der Waals surface area contributed by atoms with Gasteiger partial charge in [-0.1, -0.05) is 32.0 Å². The highest BCUT2D eigenvalue weighted by Gasteiger charge is 2.27. The summed E-state index contributed by atoms with van der Waals surface area (Å²) in [6, 6.07) is 12.2. The number of hydrogen-bond donors (Lipinski definition) is 2. The third-order valence-corrected chi connectivity index (χ3v) is 4.45. The number of urea groups is 1. The predicted molar refractivity (Wildman–Crippen MR) is 110 cm³/mol. The zero-order valence-electron chi connectivity index (χ0n) is 16.8. The van der Waals surface area contributed by atoms with Crippen LogP contribution in [0.5, 0.6) is 11.5 Å². The molecular weight excluding hydrogens is 388 g/mol. The fraction of sp³-hybridized carbons (Fsp3) is 0.318. The first-order valence-electron chi connectivity index (χ1n) is 9.66. The second kappa shape index (κ2) is 9.78. The van der Waals surface area contributed by atoms with Gasteiger partial charge in [0.2, 0.25) is 0 Å². The molecule has 2 aromatic carbocycles.